The van der Waals surface area contributed by atoms with Gasteiger partial charge in [0.1, 0.15) is 0 Å². The number of nitrogens with one attached hydrogen (secondary N) is 1. The van der Waals surface area contributed by atoms with E-state index >= 15 is 0 Å². The predicted octanol–water partition coefficient (Wildman–Crippen LogP) is -0.754. The van der Waals surface area contributed by atoms with Gasteiger partial charge in [0.25, 0.3) is 0 Å². The van der Waals surface area contributed by atoms with Crippen LogP contribution in [-0.4, -0.2) is 8.42 Å². The second-order valence-corrected chi connectivity index (χ2v) is 1.36. The molecule has 0 aromatic heterocycles. The Bertz CT molecular complexity index is 98.1. The van der Waals surface area contributed by atoms with Crippen molar-refractivity contribution < 1.29 is 8.42 Å². The lowest BCUT2D eigenvalue weighted by Gasteiger charge is -1.74. The van der Waals surface area contributed by atoms with E-state index in [1.165, 1.54) is 0 Å². The molecular weight excluding hydrogens is 102 g/mol. The van der Waals surface area contributed by atoms with Gasteiger partial charge in [0, 0.05) is 6.20 Å². The minimum absolute atomic E-state index is 1.10. The molecule has 0 aliphatic rings. The van der Waals surface area contributed by atoms with Crippen LogP contribution in [0.1, 0.15) is 0 Å². The zero-order valence-corrected chi connectivity index (χ0v) is 3.94. The highest BCUT2D eigenvalue weighted by Crippen LogP contribution is 1.47. The van der Waals surface area contributed by atoms with E-state index in [9.17, 15) is 8.42 Å². The average Bonchev–Trinajstić information content (AvgIpc) is 1.35. The molecular formula is C2H5NO2S. The third-order valence-corrected chi connectivity index (χ3v) is 0.590. The normalized spacial score (nSPS) is 8.17. The molecule has 0 amide bonds. The molecule has 0 aromatic rings. The molecule has 0 rings (SSSR count). The van der Waals surface area contributed by atoms with E-state index in [1.54, 1.807) is 0 Å². The van der Waals surface area contributed by atoms with Crippen LogP contribution >= 0.6 is 0 Å². The first-order valence-electron chi connectivity index (χ1n) is 1.29. The molecule has 4 heteroatoms. The Balaban J connectivity index is 3.32. The third kappa shape index (κ3) is 3.49. The monoisotopic (exact) mass is 107 g/mol. The summed E-state index contributed by atoms with van der Waals surface area (Å²) < 4.78 is 20.8. The van der Waals surface area contributed by atoms with E-state index in [1.807, 2.05) is 4.72 Å². The molecule has 3 nitrogen and oxygen atoms in total. The van der Waals surface area contributed by atoms with E-state index in [2.05, 4.69) is 6.58 Å². The molecule has 0 unspecified atom stereocenters. The van der Waals surface area contributed by atoms with Crippen LogP contribution < -0.4 is 4.72 Å². The van der Waals surface area contributed by atoms with Crippen molar-refractivity contribution in [2.75, 3.05) is 0 Å². The lowest BCUT2D eigenvalue weighted by Crippen LogP contribution is -1.97. The van der Waals surface area contributed by atoms with Crippen molar-refractivity contribution in [1.29, 1.82) is 0 Å². The Morgan fingerprint density at radius 1 is 1.67 bits per heavy atom. The summed E-state index contributed by atoms with van der Waals surface area (Å²) in [5.41, 5.74) is 0. The first-order valence-corrected chi connectivity index (χ1v) is 2.46. The Kier molecular flexibility index (Phi) is 2.48. The molecule has 0 aliphatic carbocycles. The van der Waals surface area contributed by atoms with Crippen LogP contribution in [0.15, 0.2) is 12.8 Å². The molecule has 6 heavy (non-hydrogen) atoms. The molecule has 0 heterocycles. The van der Waals surface area contributed by atoms with E-state index in [4.69, 9.17) is 0 Å². The van der Waals surface area contributed by atoms with E-state index in [0.29, 0.717) is 0 Å². The Morgan fingerprint density at radius 3 is 2.17 bits per heavy atom. The summed E-state index contributed by atoms with van der Waals surface area (Å²) >= 11 is 0. The molecule has 0 spiro atoms. The fraction of sp³-hybridized carbons (Fsp3) is 0. The maximum absolute atomic E-state index is 9.45. The quantitative estimate of drug-likeness (QED) is 0.456. The maximum atomic E-state index is 9.45. The van der Waals surface area contributed by atoms with Crippen molar-refractivity contribution in [1.82, 2.24) is 4.72 Å². The summed E-state index contributed by atoms with van der Waals surface area (Å²) in [7, 11) is -2.47. The van der Waals surface area contributed by atoms with Crippen LogP contribution in [0, 0.1) is 0 Å². The van der Waals surface area contributed by atoms with Gasteiger partial charge in [-0.15, -0.1) is 0 Å². The van der Waals surface area contributed by atoms with Gasteiger partial charge in [-0.2, -0.15) is 0 Å². The number of rotatable bonds is 2. The largest absolute Gasteiger partial charge is 0.293 e. The Hall–Kier alpha value is -0.510. The van der Waals surface area contributed by atoms with Crippen LogP contribution in [0.25, 0.3) is 0 Å². The molecule has 0 aromatic carbocycles. The van der Waals surface area contributed by atoms with Crippen LogP contribution in [0.4, 0.5) is 0 Å². The third-order valence-electron chi connectivity index (χ3n) is 0.197. The molecule has 36 valence electrons. The highest BCUT2D eigenvalue weighted by Gasteiger charge is 1.63. The summed E-state index contributed by atoms with van der Waals surface area (Å²) in [6.45, 7) is 3.11. The fourth-order valence-corrected chi connectivity index (χ4v) is 0.224. The first-order chi connectivity index (χ1) is 2.77. The minimum atomic E-state index is -2.47. The Morgan fingerprint density at radius 2 is 2.17 bits per heavy atom. The average molecular weight is 107 g/mol. The topological polar surface area (TPSA) is 46.2 Å². The second-order valence-electron chi connectivity index (χ2n) is 0.590. The molecule has 1 N–H and O–H groups in total. The van der Waals surface area contributed by atoms with Gasteiger partial charge in [0.15, 0.2) is 0 Å². The van der Waals surface area contributed by atoms with Crippen molar-refractivity contribution in [3.63, 3.8) is 0 Å². The van der Waals surface area contributed by atoms with Crippen molar-refractivity contribution >= 4 is 10.9 Å². The zero-order valence-electron chi connectivity index (χ0n) is 3.05. The molecule has 0 fully saturated rings. The standard InChI is InChI=1S/C2H5NO2S/c1-2-3-6(4)5/h2,6H,1H2,(H,3,4,5). The summed E-state index contributed by atoms with van der Waals surface area (Å²) in [5, 5.41) is 0. The van der Waals surface area contributed by atoms with Gasteiger partial charge in [0.05, 0.1) is 0 Å². The summed E-state index contributed by atoms with van der Waals surface area (Å²) in [4.78, 5) is 0. The van der Waals surface area contributed by atoms with E-state index in [-0.39, 0.29) is 0 Å². The smallest absolute Gasteiger partial charge is 0.222 e. The molecule has 0 atom stereocenters. The van der Waals surface area contributed by atoms with Crippen LogP contribution in [0.3, 0.4) is 0 Å². The zero-order chi connectivity index (χ0) is 4.99. The molecule has 0 radical (unpaired) electrons. The Labute approximate surface area is 37.8 Å². The van der Waals surface area contributed by atoms with Crippen molar-refractivity contribution in [2.24, 2.45) is 0 Å². The van der Waals surface area contributed by atoms with Crippen molar-refractivity contribution in [2.45, 2.75) is 0 Å². The van der Waals surface area contributed by atoms with Crippen LogP contribution in [0.2, 0.25) is 0 Å². The van der Waals surface area contributed by atoms with Crippen LogP contribution in [-0.2, 0) is 10.9 Å². The van der Waals surface area contributed by atoms with Gasteiger partial charge in [-0.05, 0) is 0 Å². The maximum Gasteiger partial charge on any atom is 0.222 e. The van der Waals surface area contributed by atoms with Crippen LogP contribution in [0.5, 0.6) is 0 Å². The molecule has 0 aliphatic heterocycles. The molecule has 0 bridgehead atoms. The number of hydrogen-bond donors (Lipinski definition) is 2. The SMILES string of the molecule is C=CN[SH](=O)=O. The van der Waals surface area contributed by atoms with E-state index < -0.39 is 10.9 Å². The highest BCUT2D eigenvalue weighted by molar-refractivity contribution is 7.70. The van der Waals surface area contributed by atoms with Gasteiger partial charge in [-0.3, -0.25) is 4.72 Å². The predicted molar refractivity (Wildman–Crippen MR) is 23.6 cm³/mol. The summed E-state index contributed by atoms with van der Waals surface area (Å²) in [5.74, 6) is 0. The van der Waals surface area contributed by atoms with Crippen molar-refractivity contribution in [3.8, 4) is 0 Å². The first kappa shape index (κ1) is 5.49. The number of thiol groups is 1. The van der Waals surface area contributed by atoms with Crippen molar-refractivity contribution in [3.05, 3.63) is 12.8 Å². The van der Waals surface area contributed by atoms with E-state index in [0.717, 1.165) is 6.20 Å². The molecule has 0 saturated heterocycles. The number of hydrogen-bond acceptors (Lipinski definition) is 2. The second kappa shape index (κ2) is 2.71. The van der Waals surface area contributed by atoms with Gasteiger partial charge in [-0.1, -0.05) is 6.58 Å². The van der Waals surface area contributed by atoms with Gasteiger partial charge >= 0.3 is 0 Å². The fourth-order valence-electron chi connectivity index (χ4n) is 0.0745. The lowest BCUT2D eigenvalue weighted by molar-refractivity contribution is 0.610. The molecule has 0 saturated carbocycles. The van der Waals surface area contributed by atoms with Gasteiger partial charge < -0.3 is 0 Å². The van der Waals surface area contributed by atoms with Gasteiger partial charge in [-0.25, -0.2) is 8.42 Å². The lowest BCUT2D eigenvalue weighted by atomic mass is 11.1. The highest BCUT2D eigenvalue weighted by atomic mass is 32.2. The summed E-state index contributed by atoms with van der Waals surface area (Å²) in [6, 6.07) is 0. The summed E-state index contributed by atoms with van der Waals surface area (Å²) in [6.07, 6.45) is 1.10. The minimum Gasteiger partial charge on any atom is -0.293 e. The van der Waals surface area contributed by atoms with Gasteiger partial charge in [0.2, 0.25) is 10.9 Å².